The van der Waals surface area contributed by atoms with Crippen molar-refractivity contribution in [1.29, 1.82) is 5.26 Å². The van der Waals surface area contributed by atoms with Crippen LogP contribution < -0.4 is 9.47 Å². The third-order valence-corrected chi connectivity index (χ3v) is 2.91. The number of benzene rings is 2. The summed E-state index contributed by atoms with van der Waals surface area (Å²) >= 11 is 0. The van der Waals surface area contributed by atoms with E-state index in [-0.39, 0.29) is 11.4 Å². The third-order valence-electron chi connectivity index (χ3n) is 2.91. The molecule has 0 radical (unpaired) electrons. The van der Waals surface area contributed by atoms with Crippen LogP contribution in [0.1, 0.15) is 11.1 Å². The Bertz CT molecular complexity index is 735. The number of ether oxygens (including phenoxy) is 2. The average Bonchev–Trinajstić information content (AvgIpc) is 2.47. The Balaban J connectivity index is 2.40. The predicted molar refractivity (Wildman–Crippen MR) is 75.6 cm³/mol. The standard InChI is InChI=1S/C15H12N2O4/c1-10-7-13(4-3-11(10)9-16)21-15-8-12(20-2)5-6-14(15)17(18)19/h3-8H,1-2H3. The summed E-state index contributed by atoms with van der Waals surface area (Å²) < 4.78 is 10.6. The van der Waals surface area contributed by atoms with Gasteiger partial charge in [0.15, 0.2) is 0 Å². The maximum Gasteiger partial charge on any atom is 0.311 e. The van der Waals surface area contributed by atoms with Crippen LogP contribution in [0.3, 0.4) is 0 Å². The molecule has 0 fully saturated rings. The fraction of sp³-hybridized carbons (Fsp3) is 0.133. The van der Waals surface area contributed by atoms with Crippen molar-refractivity contribution in [2.75, 3.05) is 7.11 Å². The number of nitriles is 1. The van der Waals surface area contributed by atoms with Crippen LogP contribution in [-0.4, -0.2) is 12.0 Å². The van der Waals surface area contributed by atoms with E-state index < -0.39 is 4.92 Å². The maximum atomic E-state index is 11.0. The summed E-state index contributed by atoms with van der Waals surface area (Å²) in [5, 5.41) is 19.9. The lowest BCUT2D eigenvalue weighted by molar-refractivity contribution is -0.385. The molecular formula is C15H12N2O4. The van der Waals surface area contributed by atoms with Crippen LogP contribution >= 0.6 is 0 Å². The van der Waals surface area contributed by atoms with Gasteiger partial charge in [-0.25, -0.2) is 0 Å². The number of rotatable bonds is 4. The summed E-state index contributed by atoms with van der Waals surface area (Å²) in [6.45, 7) is 1.77. The lowest BCUT2D eigenvalue weighted by atomic mass is 10.1. The van der Waals surface area contributed by atoms with Crippen molar-refractivity contribution in [2.45, 2.75) is 6.92 Å². The summed E-state index contributed by atoms with van der Waals surface area (Å²) in [6.07, 6.45) is 0. The van der Waals surface area contributed by atoms with E-state index in [0.717, 1.165) is 5.56 Å². The highest BCUT2D eigenvalue weighted by molar-refractivity contribution is 5.53. The lowest BCUT2D eigenvalue weighted by Gasteiger charge is -2.09. The zero-order valence-corrected chi connectivity index (χ0v) is 11.5. The molecule has 0 aromatic heterocycles. The van der Waals surface area contributed by atoms with Gasteiger partial charge in [-0.3, -0.25) is 10.1 Å². The molecule has 0 bridgehead atoms. The second-order valence-corrected chi connectivity index (χ2v) is 4.28. The van der Waals surface area contributed by atoms with Gasteiger partial charge in [-0.15, -0.1) is 0 Å². The molecule has 0 spiro atoms. The lowest BCUT2D eigenvalue weighted by Crippen LogP contribution is -1.95. The molecule has 21 heavy (non-hydrogen) atoms. The molecule has 0 atom stereocenters. The van der Waals surface area contributed by atoms with Gasteiger partial charge in [0, 0.05) is 12.1 Å². The fourth-order valence-corrected chi connectivity index (χ4v) is 1.81. The molecule has 0 aliphatic carbocycles. The molecule has 6 nitrogen and oxygen atoms in total. The fourth-order valence-electron chi connectivity index (χ4n) is 1.81. The van der Waals surface area contributed by atoms with Gasteiger partial charge >= 0.3 is 5.69 Å². The highest BCUT2D eigenvalue weighted by Crippen LogP contribution is 2.35. The molecule has 2 rings (SSSR count). The maximum absolute atomic E-state index is 11.0. The van der Waals surface area contributed by atoms with Crippen LogP contribution in [0.15, 0.2) is 36.4 Å². The Labute approximate surface area is 121 Å². The molecular weight excluding hydrogens is 272 g/mol. The first-order valence-electron chi connectivity index (χ1n) is 6.06. The van der Waals surface area contributed by atoms with E-state index in [0.29, 0.717) is 17.1 Å². The summed E-state index contributed by atoms with van der Waals surface area (Å²) in [5.74, 6) is 0.965. The van der Waals surface area contributed by atoms with Crippen molar-refractivity contribution in [3.05, 3.63) is 57.6 Å². The molecule has 0 aliphatic rings. The van der Waals surface area contributed by atoms with Gasteiger partial charge in [-0.05, 0) is 36.8 Å². The van der Waals surface area contributed by atoms with Crippen molar-refractivity contribution in [1.82, 2.24) is 0 Å². The molecule has 0 amide bonds. The Morgan fingerprint density at radius 1 is 1.19 bits per heavy atom. The number of aryl methyl sites for hydroxylation is 1. The van der Waals surface area contributed by atoms with Gasteiger partial charge in [0.05, 0.1) is 23.7 Å². The van der Waals surface area contributed by atoms with E-state index in [1.54, 1.807) is 25.1 Å². The van der Waals surface area contributed by atoms with Crippen LogP contribution in [0.5, 0.6) is 17.2 Å². The zero-order chi connectivity index (χ0) is 15.4. The van der Waals surface area contributed by atoms with E-state index >= 15 is 0 Å². The number of methoxy groups -OCH3 is 1. The first kappa shape index (κ1) is 14.3. The topological polar surface area (TPSA) is 85.4 Å². The van der Waals surface area contributed by atoms with E-state index in [2.05, 4.69) is 6.07 Å². The number of hydrogen-bond acceptors (Lipinski definition) is 5. The predicted octanol–water partition coefficient (Wildman–Crippen LogP) is 3.58. The summed E-state index contributed by atoms with van der Waals surface area (Å²) in [5.41, 5.74) is 1.11. The van der Waals surface area contributed by atoms with Gasteiger partial charge in [-0.2, -0.15) is 5.26 Å². The first-order valence-corrected chi connectivity index (χ1v) is 6.06. The minimum atomic E-state index is -0.523. The molecule has 0 saturated carbocycles. The van der Waals surface area contributed by atoms with Crippen LogP contribution in [0.2, 0.25) is 0 Å². The van der Waals surface area contributed by atoms with E-state index in [4.69, 9.17) is 14.7 Å². The highest BCUT2D eigenvalue weighted by atomic mass is 16.6. The van der Waals surface area contributed by atoms with Crippen molar-refractivity contribution in [2.24, 2.45) is 0 Å². The summed E-state index contributed by atoms with van der Waals surface area (Å²) in [7, 11) is 1.47. The molecule has 2 aromatic rings. The number of hydrogen-bond donors (Lipinski definition) is 0. The third kappa shape index (κ3) is 3.09. The normalized spacial score (nSPS) is 9.76. The Kier molecular flexibility index (Phi) is 4.05. The Hall–Kier alpha value is -3.07. The molecule has 0 saturated heterocycles. The minimum Gasteiger partial charge on any atom is -0.497 e. The second-order valence-electron chi connectivity index (χ2n) is 4.28. The van der Waals surface area contributed by atoms with Crippen LogP contribution in [-0.2, 0) is 0 Å². The summed E-state index contributed by atoms with van der Waals surface area (Å²) in [4.78, 5) is 10.5. The Morgan fingerprint density at radius 2 is 1.90 bits per heavy atom. The Morgan fingerprint density at radius 3 is 2.48 bits per heavy atom. The largest absolute Gasteiger partial charge is 0.497 e. The van der Waals surface area contributed by atoms with Crippen molar-refractivity contribution >= 4 is 5.69 Å². The molecule has 2 aromatic carbocycles. The molecule has 0 aliphatic heterocycles. The van der Waals surface area contributed by atoms with Crippen LogP contribution in [0.25, 0.3) is 0 Å². The summed E-state index contributed by atoms with van der Waals surface area (Å²) in [6, 6.07) is 11.2. The van der Waals surface area contributed by atoms with Gasteiger partial charge < -0.3 is 9.47 Å². The molecule has 106 valence electrons. The van der Waals surface area contributed by atoms with Crippen molar-refractivity contribution in [3.63, 3.8) is 0 Å². The van der Waals surface area contributed by atoms with Gasteiger partial charge in [0.2, 0.25) is 5.75 Å². The molecule has 0 N–H and O–H groups in total. The second kappa shape index (κ2) is 5.92. The first-order chi connectivity index (χ1) is 10.0. The number of nitrogens with zero attached hydrogens (tertiary/aromatic N) is 2. The molecule has 0 heterocycles. The van der Waals surface area contributed by atoms with E-state index in [1.807, 2.05) is 0 Å². The van der Waals surface area contributed by atoms with Gasteiger partial charge in [-0.1, -0.05) is 0 Å². The SMILES string of the molecule is COc1ccc([N+](=O)[O-])c(Oc2ccc(C#N)c(C)c2)c1. The van der Waals surface area contributed by atoms with Crippen molar-refractivity contribution < 1.29 is 14.4 Å². The quantitative estimate of drug-likeness (QED) is 0.632. The zero-order valence-electron chi connectivity index (χ0n) is 11.5. The van der Waals surface area contributed by atoms with Crippen LogP contribution in [0.4, 0.5) is 5.69 Å². The molecule has 6 heteroatoms. The van der Waals surface area contributed by atoms with Gasteiger partial charge in [0.25, 0.3) is 0 Å². The average molecular weight is 284 g/mol. The van der Waals surface area contributed by atoms with E-state index in [9.17, 15) is 10.1 Å². The highest BCUT2D eigenvalue weighted by Gasteiger charge is 2.17. The van der Waals surface area contributed by atoms with Gasteiger partial charge in [0.1, 0.15) is 11.5 Å². The number of nitro benzene ring substituents is 1. The van der Waals surface area contributed by atoms with E-state index in [1.165, 1.54) is 25.3 Å². The monoisotopic (exact) mass is 284 g/mol. The smallest absolute Gasteiger partial charge is 0.311 e. The van der Waals surface area contributed by atoms with Crippen molar-refractivity contribution in [3.8, 4) is 23.3 Å². The minimum absolute atomic E-state index is 0.0865. The number of nitro groups is 1. The van der Waals surface area contributed by atoms with Crippen LogP contribution in [0, 0.1) is 28.4 Å². The molecule has 0 unspecified atom stereocenters.